The topological polar surface area (TPSA) is 52.0 Å². The van der Waals surface area contributed by atoms with Gasteiger partial charge in [-0.1, -0.05) is 38.1 Å². The van der Waals surface area contributed by atoms with Gasteiger partial charge < -0.3 is 11.5 Å². The third-order valence-corrected chi connectivity index (χ3v) is 3.98. The number of nitrogen functional groups attached to an aromatic ring is 2. The van der Waals surface area contributed by atoms with Gasteiger partial charge in [0, 0.05) is 16.8 Å². The Balaban J connectivity index is 2.51. The van der Waals surface area contributed by atoms with Crippen molar-refractivity contribution in [3.63, 3.8) is 0 Å². The van der Waals surface area contributed by atoms with Crippen LogP contribution in [0.2, 0.25) is 0 Å². The number of hydrogen-bond acceptors (Lipinski definition) is 2. The first-order valence-electron chi connectivity index (χ1n) is 6.55. The first kappa shape index (κ1) is 13.5. The Bertz CT molecular complexity index is 559. The number of nitrogens with two attached hydrogens (primary N) is 2. The summed E-state index contributed by atoms with van der Waals surface area (Å²) >= 11 is 0. The predicted molar refractivity (Wildman–Crippen MR) is 83.3 cm³/mol. The molecule has 100 valence electrons. The highest BCUT2D eigenvalue weighted by atomic mass is 14.6. The van der Waals surface area contributed by atoms with E-state index in [1.807, 2.05) is 26.0 Å². The van der Waals surface area contributed by atoms with Crippen LogP contribution in [0.25, 0.3) is 0 Å². The van der Waals surface area contributed by atoms with Crippen molar-refractivity contribution in [2.45, 2.75) is 33.1 Å². The SMILES string of the molecule is Cc1cc(C(C)(C)c2ccc(N)c(C)c2)ccc1N. The molecule has 0 fully saturated rings. The minimum Gasteiger partial charge on any atom is -0.399 e. The summed E-state index contributed by atoms with van der Waals surface area (Å²) in [4.78, 5) is 0. The quantitative estimate of drug-likeness (QED) is 0.801. The van der Waals surface area contributed by atoms with Gasteiger partial charge in [0.05, 0.1) is 0 Å². The van der Waals surface area contributed by atoms with Crippen LogP contribution >= 0.6 is 0 Å². The summed E-state index contributed by atoms with van der Waals surface area (Å²) in [6, 6.07) is 12.5. The summed E-state index contributed by atoms with van der Waals surface area (Å²) in [5, 5.41) is 0. The van der Waals surface area contributed by atoms with Crippen LogP contribution in [-0.4, -0.2) is 0 Å². The van der Waals surface area contributed by atoms with Crippen LogP contribution < -0.4 is 11.5 Å². The Kier molecular flexibility index (Phi) is 3.27. The van der Waals surface area contributed by atoms with Gasteiger partial charge >= 0.3 is 0 Å². The predicted octanol–water partition coefficient (Wildman–Crippen LogP) is 3.79. The maximum absolute atomic E-state index is 5.90. The third kappa shape index (κ3) is 2.43. The summed E-state index contributed by atoms with van der Waals surface area (Å²) in [6.07, 6.45) is 0. The number of rotatable bonds is 2. The molecule has 19 heavy (non-hydrogen) atoms. The first-order chi connectivity index (χ1) is 8.82. The van der Waals surface area contributed by atoms with Crippen LogP contribution in [0.1, 0.15) is 36.1 Å². The fourth-order valence-corrected chi connectivity index (χ4v) is 2.30. The van der Waals surface area contributed by atoms with E-state index in [4.69, 9.17) is 11.5 Å². The Morgan fingerprint density at radius 3 is 1.42 bits per heavy atom. The smallest absolute Gasteiger partial charge is 0.0343 e. The second-order valence-corrected chi connectivity index (χ2v) is 5.77. The zero-order valence-corrected chi connectivity index (χ0v) is 12.1. The molecular formula is C17H22N2. The zero-order chi connectivity index (χ0) is 14.2. The Morgan fingerprint density at radius 1 is 0.737 bits per heavy atom. The van der Waals surface area contributed by atoms with Crippen molar-refractivity contribution >= 4 is 11.4 Å². The van der Waals surface area contributed by atoms with E-state index in [9.17, 15) is 0 Å². The summed E-state index contributed by atoms with van der Waals surface area (Å²) in [6.45, 7) is 8.54. The molecule has 0 aliphatic rings. The molecule has 0 aliphatic carbocycles. The molecule has 0 aromatic heterocycles. The molecule has 0 unspecified atom stereocenters. The van der Waals surface area contributed by atoms with Gasteiger partial charge in [0.1, 0.15) is 0 Å². The second kappa shape index (κ2) is 4.61. The van der Waals surface area contributed by atoms with Crippen LogP contribution in [0, 0.1) is 13.8 Å². The Morgan fingerprint density at radius 2 is 1.11 bits per heavy atom. The summed E-state index contributed by atoms with van der Waals surface area (Å²) in [5.41, 5.74) is 18.2. The average molecular weight is 254 g/mol. The fourth-order valence-electron chi connectivity index (χ4n) is 2.30. The molecule has 0 aliphatic heterocycles. The largest absolute Gasteiger partial charge is 0.399 e. The molecule has 0 amide bonds. The molecule has 0 heterocycles. The highest BCUT2D eigenvalue weighted by molar-refractivity contribution is 5.54. The van der Waals surface area contributed by atoms with Crippen LogP contribution in [0.3, 0.4) is 0 Å². The number of hydrogen-bond donors (Lipinski definition) is 2. The lowest BCUT2D eigenvalue weighted by Gasteiger charge is -2.27. The lowest BCUT2D eigenvalue weighted by atomic mass is 9.77. The lowest BCUT2D eigenvalue weighted by molar-refractivity contribution is 0.640. The molecule has 2 aromatic rings. The van der Waals surface area contributed by atoms with Crippen molar-refractivity contribution in [3.8, 4) is 0 Å². The molecule has 4 N–H and O–H groups in total. The summed E-state index contributed by atoms with van der Waals surface area (Å²) < 4.78 is 0. The zero-order valence-electron chi connectivity index (χ0n) is 12.1. The van der Waals surface area contributed by atoms with E-state index in [1.54, 1.807) is 0 Å². The highest BCUT2D eigenvalue weighted by Crippen LogP contribution is 2.34. The van der Waals surface area contributed by atoms with Crippen molar-refractivity contribution in [1.82, 2.24) is 0 Å². The molecule has 2 heteroatoms. The minimum absolute atomic E-state index is 0.0586. The van der Waals surface area contributed by atoms with Crippen molar-refractivity contribution in [3.05, 3.63) is 58.7 Å². The molecule has 0 radical (unpaired) electrons. The van der Waals surface area contributed by atoms with Gasteiger partial charge in [-0.2, -0.15) is 0 Å². The minimum atomic E-state index is -0.0586. The van der Waals surface area contributed by atoms with Gasteiger partial charge in [-0.05, 0) is 48.2 Å². The first-order valence-corrected chi connectivity index (χ1v) is 6.55. The van der Waals surface area contributed by atoms with Gasteiger partial charge in [-0.25, -0.2) is 0 Å². The summed E-state index contributed by atoms with van der Waals surface area (Å²) in [5.74, 6) is 0. The Labute approximate surface area is 115 Å². The van der Waals surface area contributed by atoms with Crippen molar-refractivity contribution in [2.24, 2.45) is 0 Å². The molecule has 2 aromatic carbocycles. The van der Waals surface area contributed by atoms with E-state index in [1.165, 1.54) is 11.1 Å². The van der Waals surface area contributed by atoms with Gasteiger partial charge in [-0.3, -0.25) is 0 Å². The van der Waals surface area contributed by atoms with Crippen molar-refractivity contribution in [1.29, 1.82) is 0 Å². The van der Waals surface area contributed by atoms with Crippen molar-refractivity contribution < 1.29 is 0 Å². The molecule has 0 spiro atoms. The third-order valence-electron chi connectivity index (χ3n) is 3.98. The monoisotopic (exact) mass is 254 g/mol. The van der Waals surface area contributed by atoms with E-state index >= 15 is 0 Å². The summed E-state index contributed by atoms with van der Waals surface area (Å²) in [7, 11) is 0. The van der Waals surface area contributed by atoms with E-state index in [-0.39, 0.29) is 5.41 Å². The van der Waals surface area contributed by atoms with Crippen LogP contribution in [0.5, 0.6) is 0 Å². The molecular weight excluding hydrogens is 232 g/mol. The number of aryl methyl sites for hydroxylation is 2. The number of anilines is 2. The van der Waals surface area contributed by atoms with Crippen molar-refractivity contribution in [2.75, 3.05) is 11.5 Å². The second-order valence-electron chi connectivity index (χ2n) is 5.77. The molecule has 0 atom stereocenters. The standard InChI is InChI=1S/C17H22N2/c1-11-9-13(5-7-15(11)18)17(3,4)14-6-8-16(19)12(2)10-14/h5-10H,18-19H2,1-4H3. The molecule has 0 saturated heterocycles. The fraction of sp³-hybridized carbons (Fsp3) is 0.294. The van der Waals surface area contributed by atoms with Gasteiger partial charge in [0.25, 0.3) is 0 Å². The van der Waals surface area contributed by atoms with Gasteiger partial charge in [0.15, 0.2) is 0 Å². The lowest BCUT2D eigenvalue weighted by Crippen LogP contribution is -2.19. The van der Waals surface area contributed by atoms with E-state index in [0.717, 1.165) is 22.5 Å². The van der Waals surface area contributed by atoms with Crippen LogP contribution in [0.4, 0.5) is 11.4 Å². The van der Waals surface area contributed by atoms with Crippen LogP contribution in [0.15, 0.2) is 36.4 Å². The number of benzene rings is 2. The molecule has 2 nitrogen and oxygen atoms in total. The molecule has 2 rings (SSSR count). The Hall–Kier alpha value is -1.96. The van der Waals surface area contributed by atoms with Gasteiger partial charge in [-0.15, -0.1) is 0 Å². The maximum Gasteiger partial charge on any atom is 0.0343 e. The normalized spacial score (nSPS) is 11.6. The van der Waals surface area contributed by atoms with E-state index < -0.39 is 0 Å². The van der Waals surface area contributed by atoms with E-state index in [2.05, 4.69) is 38.1 Å². The highest BCUT2D eigenvalue weighted by Gasteiger charge is 2.23. The van der Waals surface area contributed by atoms with E-state index in [0.29, 0.717) is 0 Å². The molecule has 0 bridgehead atoms. The average Bonchev–Trinajstić information content (AvgIpc) is 2.35. The molecule has 0 saturated carbocycles. The van der Waals surface area contributed by atoms with Gasteiger partial charge in [0.2, 0.25) is 0 Å². The van der Waals surface area contributed by atoms with Crippen LogP contribution in [-0.2, 0) is 5.41 Å². The maximum atomic E-state index is 5.90.